The van der Waals surface area contributed by atoms with Crippen molar-refractivity contribution in [3.63, 3.8) is 0 Å². The highest BCUT2D eigenvalue weighted by Crippen LogP contribution is 2.17. The van der Waals surface area contributed by atoms with Gasteiger partial charge in [-0.2, -0.15) is 0 Å². The van der Waals surface area contributed by atoms with Crippen molar-refractivity contribution in [2.24, 2.45) is 0 Å². The van der Waals surface area contributed by atoms with Gasteiger partial charge >= 0.3 is 0 Å². The highest BCUT2D eigenvalue weighted by atomic mass is 15.0. The summed E-state index contributed by atoms with van der Waals surface area (Å²) in [5.74, 6) is 0.927. The fourth-order valence-electron chi connectivity index (χ4n) is 1.66. The van der Waals surface area contributed by atoms with Crippen LogP contribution in [-0.2, 0) is 0 Å². The number of pyridine rings is 1. The number of benzene rings is 1. The van der Waals surface area contributed by atoms with E-state index in [1.54, 1.807) is 0 Å². The Kier molecular flexibility index (Phi) is 3.20. The lowest BCUT2D eigenvalue weighted by atomic mass is 10.1. The molecule has 0 fully saturated rings. The van der Waals surface area contributed by atoms with E-state index in [4.69, 9.17) is 0 Å². The standard InChI is InChI=1S/C14H16N2/c1-11-8-9-15-14(10-11)16-12(2)13-6-4-3-5-7-13/h3-10,12H,1-2H3,(H,15,16). The van der Waals surface area contributed by atoms with Crippen LogP contribution < -0.4 is 5.32 Å². The molecule has 0 spiro atoms. The molecule has 2 heteroatoms. The summed E-state index contributed by atoms with van der Waals surface area (Å²) in [7, 11) is 0. The molecule has 1 atom stereocenters. The fraction of sp³-hybridized carbons (Fsp3) is 0.214. The molecule has 0 bridgehead atoms. The quantitative estimate of drug-likeness (QED) is 0.841. The molecule has 82 valence electrons. The first-order valence-corrected chi connectivity index (χ1v) is 5.50. The van der Waals surface area contributed by atoms with Crippen LogP contribution in [0, 0.1) is 6.92 Å². The van der Waals surface area contributed by atoms with E-state index in [1.165, 1.54) is 11.1 Å². The number of anilines is 1. The normalized spacial score (nSPS) is 12.1. The third-order valence-corrected chi connectivity index (χ3v) is 2.58. The van der Waals surface area contributed by atoms with Gasteiger partial charge in [0.05, 0.1) is 0 Å². The zero-order valence-corrected chi connectivity index (χ0v) is 9.64. The van der Waals surface area contributed by atoms with Crippen LogP contribution in [0.2, 0.25) is 0 Å². The first-order valence-electron chi connectivity index (χ1n) is 5.50. The van der Waals surface area contributed by atoms with Gasteiger partial charge in [-0.15, -0.1) is 0 Å². The second kappa shape index (κ2) is 4.79. The van der Waals surface area contributed by atoms with E-state index < -0.39 is 0 Å². The van der Waals surface area contributed by atoms with E-state index in [2.05, 4.69) is 54.5 Å². The molecule has 1 aromatic carbocycles. The number of rotatable bonds is 3. The highest BCUT2D eigenvalue weighted by Gasteiger charge is 2.04. The number of aromatic nitrogens is 1. The van der Waals surface area contributed by atoms with E-state index in [1.807, 2.05) is 18.3 Å². The van der Waals surface area contributed by atoms with Gasteiger partial charge in [0, 0.05) is 12.2 Å². The molecule has 0 saturated carbocycles. The zero-order valence-electron chi connectivity index (χ0n) is 9.64. The molecule has 0 aliphatic heterocycles. The third kappa shape index (κ3) is 2.60. The Balaban J connectivity index is 2.11. The lowest BCUT2D eigenvalue weighted by Crippen LogP contribution is -2.07. The third-order valence-electron chi connectivity index (χ3n) is 2.58. The smallest absolute Gasteiger partial charge is 0.126 e. The van der Waals surface area contributed by atoms with Crippen molar-refractivity contribution in [2.45, 2.75) is 19.9 Å². The highest BCUT2D eigenvalue weighted by molar-refractivity contribution is 5.40. The molecule has 1 heterocycles. The molecule has 2 aromatic rings. The largest absolute Gasteiger partial charge is 0.364 e. The number of nitrogens with one attached hydrogen (secondary N) is 1. The Hall–Kier alpha value is -1.83. The first kappa shape index (κ1) is 10.7. The molecule has 0 aliphatic rings. The SMILES string of the molecule is Cc1ccnc(NC(C)c2ccccc2)c1. The number of hydrogen-bond donors (Lipinski definition) is 1. The van der Waals surface area contributed by atoms with Crippen molar-refractivity contribution in [2.75, 3.05) is 5.32 Å². The van der Waals surface area contributed by atoms with E-state index in [-0.39, 0.29) is 6.04 Å². The van der Waals surface area contributed by atoms with Gasteiger partial charge < -0.3 is 5.32 Å². The van der Waals surface area contributed by atoms with Crippen molar-refractivity contribution in [3.05, 3.63) is 59.8 Å². The van der Waals surface area contributed by atoms with E-state index in [0.29, 0.717) is 0 Å². The lowest BCUT2D eigenvalue weighted by Gasteiger charge is -2.14. The van der Waals surface area contributed by atoms with Gasteiger partial charge in [0.25, 0.3) is 0 Å². The van der Waals surface area contributed by atoms with E-state index in [9.17, 15) is 0 Å². The predicted octanol–water partition coefficient (Wildman–Crippen LogP) is 3.56. The van der Waals surface area contributed by atoms with Gasteiger partial charge in [-0.3, -0.25) is 0 Å². The van der Waals surface area contributed by atoms with Crippen molar-refractivity contribution in [1.29, 1.82) is 0 Å². The lowest BCUT2D eigenvalue weighted by molar-refractivity contribution is 0.874. The second-order valence-electron chi connectivity index (χ2n) is 4.00. The average Bonchev–Trinajstić information content (AvgIpc) is 2.30. The Labute approximate surface area is 96.4 Å². The van der Waals surface area contributed by atoms with Crippen LogP contribution in [0.4, 0.5) is 5.82 Å². The number of nitrogens with zero attached hydrogens (tertiary/aromatic N) is 1. The van der Waals surface area contributed by atoms with Gasteiger partial charge in [0.2, 0.25) is 0 Å². The van der Waals surface area contributed by atoms with Crippen molar-refractivity contribution >= 4 is 5.82 Å². The number of hydrogen-bond acceptors (Lipinski definition) is 2. The van der Waals surface area contributed by atoms with Crippen molar-refractivity contribution in [3.8, 4) is 0 Å². The maximum atomic E-state index is 4.29. The summed E-state index contributed by atoms with van der Waals surface area (Å²) in [4.78, 5) is 4.29. The maximum absolute atomic E-state index is 4.29. The summed E-state index contributed by atoms with van der Waals surface area (Å²) in [6.07, 6.45) is 1.83. The van der Waals surface area contributed by atoms with Crippen LogP contribution in [0.15, 0.2) is 48.7 Å². The molecular weight excluding hydrogens is 196 g/mol. The van der Waals surface area contributed by atoms with Crippen LogP contribution in [-0.4, -0.2) is 4.98 Å². The second-order valence-corrected chi connectivity index (χ2v) is 4.00. The summed E-state index contributed by atoms with van der Waals surface area (Å²) in [5, 5.41) is 3.39. The van der Waals surface area contributed by atoms with Gasteiger partial charge in [-0.05, 0) is 37.1 Å². The van der Waals surface area contributed by atoms with Crippen LogP contribution >= 0.6 is 0 Å². The Morgan fingerprint density at radius 1 is 1.12 bits per heavy atom. The van der Waals surface area contributed by atoms with E-state index in [0.717, 1.165) is 5.82 Å². The van der Waals surface area contributed by atoms with Crippen LogP contribution in [0.3, 0.4) is 0 Å². The van der Waals surface area contributed by atoms with Crippen LogP contribution in [0.5, 0.6) is 0 Å². The Bertz CT molecular complexity index is 451. The van der Waals surface area contributed by atoms with Crippen molar-refractivity contribution < 1.29 is 0 Å². The van der Waals surface area contributed by atoms with Crippen molar-refractivity contribution in [1.82, 2.24) is 4.98 Å². The number of aryl methyl sites for hydroxylation is 1. The van der Waals surface area contributed by atoms with Gasteiger partial charge in [0.1, 0.15) is 5.82 Å². The molecule has 1 N–H and O–H groups in total. The molecule has 2 nitrogen and oxygen atoms in total. The minimum absolute atomic E-state index is 0.274. The fourth-order valence-corrected chi connectivity index (χ4v) is 1.66. The molecule has 16 heavy (non-hydrogen) atoms. The molecule has 1 unspecified atom stereocenters. The maximum Gasteiger partial charge on any atom is 0.126 e. The Morgan fingerprint density at radius 2 is 1.88 bits per heavy atom. The average molecular weight is 212 g/mol. The van der Waals surface area contributed by atoms with Gasteiger partial charge in [-0.25, -0.2) is 4.98 Å². The molecule has 0 saturated heterocycles. The molecule has 0 amide bonds. The van der Waals surface area contributed by atoms with E-state index >= 15 is 0 Å². The Morgan fingerprint density at radius 3 is 2.56 bits per heavy atom. The first-order chi connectivity index (χ1) is 7.75. The van der Waals surface area contributed by atoms with Crippen LogP contribution in [0.1, 0.15) is 24.1 Å². The zero-order chi connectivity index (χ0) is 11.4. The monoisotopic (exact) mass is 212 g/mol. The molecule has 2 rings (SSSR count). The predicted molar refractivity (Wildman–Crippen MR) is 67.5 cm³/mol. The molecule has 0 radical (unpaired) electrons. The summed E-state index contributed by atoms with van der Waals surface area (Å²) < 4.78 is 0. The summed E-state index contributed by atoms with van der Waals surface area (Å²) in [6.45, 7) is 4.21. The van der Waals surface area contributed by atoms with Gasteiger partial charge in [0.15, 0.2) is 0 Å². The molecular formula is C14H16N2. The summed E-state index contributed by atoms with van der Waals surface area (Å²) in [6, 6.07) is 14.7. The molecule has 1 aromatic heterocycles. The topological polar surface area (TPSA) is 24.9 Å². The minimum atomic E-state index is 0.274. The molecule has 0 aliphatic carbocycles. The van der Waals surface area contributed by atoms with Gasteiger partial charge in [-0.1, -0.05) is 30.3 Å². The minimum Gasteiger partial charge on any atom is -0.364 e. The summed E-state index contributed by atoms with van der Waals surface area (Å²) in [5.41, 5.74) is 2.49. The summed E-state index contributed by atoms with van der Waals surface area (Å²) >= 11 is 0. The van der Waals surface area contributed by atoms with Crippen LogP contribution in [0.25, 0.3) is 0 Å².